The topological polar surface area (TPSA) is 65.9 Å². The van der Waals surface area contributed by atoms with Crippen LogP contribution in [0.5, 0.6) is 0 Å². The van der Waals surface area contributed by atoms with E-state index in [9.17, 15) is 0 Å². The molecule has 0 saturated carbocycles. The van der Waals surface area contributed by atoms with Crippen molar-refractivity contribution < 1.29 is 0 Å². The van der Waals surface area contributed by atoms with E-state index in [2.05, 4.69) is 48.7 Å². The van der Waals surface area contributed by atoms with E-state index < -0.39 is 0 Å². The molecule has 0 spiro atoms. The summed E-state index contributed by atoms with van der Waals surface area (Å²) in [4.78, 5) is 4.91. The van der Waals surface area contributed by atoms with Crippen LogP contribution in [0.25, 0.3) is 0 Å². The molecule has 0 unspecified atom stereocenters. The molecule has 0 atom stereocenters. The Bertz CT molecular complexity index is 681. The molecule has 1 N–H and O–H groups in total. The highest BCUT2D eigenvalue weighted by atomic mass is 15.3. The van der Waals surface area contributed by atoms with Crippen LogP contribution in [-0.2, 0) is 19.4 Å². The maximum absolute atomic E-state index is 4.48. The SMILES string of the molecule is Cc1nnc(CCN2CCc3[nH]ncc3C2)n1C1CCN(C)CC1. The number of hydrogen-bond donors (Lipinski definition) is 1. The van der Waals surface area contributed by atoms with E-state index in [0.29, 0.717) is 6.04 Å². The molecule has 4 rings (SSSR count). The van der Waals surface area contributed by atoms with Crippen LogP contribution in [0.1, 0.15) is 41.8 Å². The zero-order valence-corrected chi connectivity index (χ0v) is 14.7. The number of nitrogens with one attached hydrogen (secondary N) is 1. The summed E-state index contributed by atoms with van der Waals surface area (Å²) in [5.41, 5.74) is 2.64. The molecule has 2 aliphatic heterocycles. The second-order valence-electron chi connectivity index (χ2n) is 7.22. The fourth-order valence-corrected chi connectivity index (χ4v) is 4.04. The van der Waals surface area contributed by atoms with Crippen LogP contribution < -0.4 is 0 Å². The first-order valence-electron chi connectivity index (χ1n) is 9.03. The molecule has 0 radical (unpaired) electrons. The molecule has 1 saturated heterocycles. The Morgan fingerprint density at radius 1 is 1.21 bits per heavy atom. The van der Waals surface area contributed by atoms with E-state index in [1.165, 1.54) is 24.1 Å². The van der Waals surface area contributed by atoms with Crippen LogP contribution in [-0.4, -0.2) is 68.0 Å². The number of rotatable bonds is 4. The number of piperidine rings is 1. The lowest BCUT2D eigenvalue weighted by Crippen LogP contribution is -2.34. The molecule has 2 aromatic rings. The summed E-state index contributed by atoms with van der Waals surface area (Å²) in [5, 5.41) is 16.1. The lowest BCUT2D eigenvalue weighted by Gasteiger charge is -2.31. The Labute approximate surface area is 143 Å². The highest BCUT2D eigenvalue weighted by Crippen LogP contribution is 2.25. The summed E-state index contributed by atoms with van der Waals surface area (Å²) < 4.78 is 2.40. The van der Waals surface area contributed by atoms with Crippen molar-refractivity contribution in [2.24, 2.45) is 0 Å². The first kappa shape index (κ1) is 15.8. The highest BCUT2D eigenvalue weighted by molar-refractivity contribution is 5.19. The molecule has 2 aliphatic rings. The van der Waals surface area contributed by atoms with Crippen LogP contribution >= 0.6 is 0 Å². The molecule has 2 aromatic heterocycles. The molecular formula is C17H27N7. The van der Waals surface area contributed by atoms with Crippen molar-refractivity contribution in [2.75, 3.05) is 33.2 Å². The zero-order valence-electron chi connectivity index (χ0n) is 14.7. The Morgan fingerprint density at radius 2 is 2.04 bits per heavy atom. The summed E-state index contributed by atoms with van der Waals surface area (Å²) in [6, 6.07) is 0.563. The van der Waals surface area contributed by atoms with Crippen molar-refractivity contribution in [2.45, 2.75) is 45.2 Å². The Balaban J connectivity index is 1.40. The van der Waals surface area contributed by atoms with Crippen molar-refractivity contribution in [1.82, 2.24) is 34.8 Å². The van der Waals surface area contributed by atoms with Gasteiger partial charge in [0, 0.05) is 49.8 Å². The summed E-state index contributed by atoms with van der Waals surface area (Å²) in [6.07, 6.45) is 6.40. The van der Waals surface area contributed by atoms with E-state index >= 15 is 0 Å². The summed E-state index contributed by atoms with van der Waals surface area (Å²) in [7, 11) is 2.20. The lowest BCUT2D eigenvalue weighted by molar-refractivity contribution is 0.214. The molecule has 7 heteroatoms. The smallest absolute Gasteiger partial charge is 0.134 e. The fourth-order valence-electron chi connectivity index (χ4n) is 4.04. The van der Waals surface area contributed by atoms with E-state index in [4.69, 9.17) is 0 Å². The third-order valence-electron chi connectivity index (χ3n) is 5.52. The molecule has 7 nitrogen and oxygen atoms in total. The van der Waals surface area contributed by atoms with E-state index in [-0.39, 0.29) is 0 Å². The number of nitrogens with zero attached hydrogens (tertiary/aromatic N) is 6. The van der Waals surface area contributed by atoms with Gasteiger partial charge in [0.05, 0.1) is 6.20 Å². The minimum Gasteiger partial charge on any atom is -0.312 e. The second kappa shape index (κ2) is 6.64. The quantitative estimate of drug-likeness (QED) is 0.912. The fraction of sp³-hybridized carbons (Fsp3) is 0.706. The van der Waals surface area contributed by atoms with Crippen molar-refractivity contribution in [3.05, 3.63) is 29.1 Å². The Kier molecular flexibility index (Phi) is 4.37. The van der Waals surface area contributed by atoms with Crippen molar-refractivity contribution in [3.63, 3.8) is 0 Å². The average molecular weight is 329 g/mol. The maximum Gasteiger partial charge on any atom is 0.134 e. The van der Waals surface area contributed by atoms with Crippen molar-refractivity contribution in [1.29, 1.82) is 0 Å². The molecule has 130 valence electrons. The number of fused-ring (bicyclic) bond motifs is 1. The average Bonchev–Trinajstić information content (AvgIpc) is 3.20. The van der Waals surface area contributed by atoms with Gasteiger partial charge in [-0.25, -0.2) is 0 Å². The van der Waals surface area contributed by atoms with Gasteiger partial charge >= 0.3 is 0 Å². The lowest BCUT2D eigenvalue weighted by atomic mass is 10.0. The first-order valence-corrected chi connectivity index (χ1v) is 9.03. The Hall–Kier alpha value is -1.73. The number of aromatic amines is 1. The van der Waals surface area contributed by atoms with Crippen LogP contribution in [0.2, 0.25) is 0 Å². The minimum absolute atomic E-state index is 0.563. The third kappa shape index (κ3) is 3.10. The molecule has 24 heavy (non-hydrogen) atoms. The minimum atomic E-state index is 0.563. The highest BCUT2D eigenvalue weighted by Gasteiger charge is 2.24. The largest absolute Gasteiger partial charge is 0.312 e. The maximum atomic E-state index is 4.48. The van der Waals surface area contributed by atoms with Gasteiger partial charge in [-0.05, 0) is 39.9 Å². The van der Waals surface area contributed by atoms with Crippen LogP contribution in [0, 0.1) is 6.92 Å². The Morgan fingerprint density at radius 3 is 2.88 bits per heavy atom. The normalized spacial score (nSPS) is 20.4. The molecule has 0 aromatic carbocycles. The molecule has 0 aliphatic carbocycles. The number of aryl methyl sites for hydroxylation is 1. The second-order valence-corrected chi connectivity index (χ2v) is 7.22. The third-order valence-corrected chi connectivity index (χ3v) is 5.52. The number of H-pyrrole nitrogens is 1. The monoisotopic (exact) mass is 329 g/mol. The van der Waals surface area contributed by atoms with Gasteiger partial charge in [-0.2, -0.15) is 5.10 Å². The number of hydrogen-bond acceptors (Lipinski definition) is 5. The van der Waals surface area contributed by atoms with Crippen LogP contribution in [0.3, 0.4) is 0 Å². The predicted molar refractivity (Wildman–Crippen MR) is 91.8 cm³/mol. The van der Waals surface area contributed by atoms with Crippen LogP contribution in [0.15, 0.2) is 6.20 Å². The summed E-state index contributed by atoms with van der Waals surface area (Å²) in [6.45, 7) is 7.54. The van der Waals surface area contributed by atoms with E-state index in [1.54, 1.807) is 0 Å². The van der Waals surface area contributed by atoms with E-state index in [1.807, 2.05) is 6.20 Å². The van der Waals surface area contributed by atoms with Gasteiger partial charge < -0.3 is 9.47 Å². The molecule has 0 bridgehead atoms. The molecule has 0 amide bonds. The number of likely N-dealkylation sites (tertiary alicyclic amines) is 1. The standard InChI is InChI=1S/C17H27N7/c1-13-19-21-17(24(13)15-3-7-22(2)8-4-15)6-10-23-9-5-16-14(12-23)11-18-20-16/h11,15H,3-10,12H2,1-2H3,(H,18,20). The molecule has 1 fully saturated rings. The van der Waals surface area contributed by atoms with Gasteiger partial charge in [0.2, 0.25) is 0 Å². The van der Waals surface area contributed by atoms with Gasteiger partial charge in [0.25, 0.3) is 0 Å². The summed E-state index contributed by atoms with van der Waals surface area (Å²) in [5.74, 6) is 2.22. The predicted octanol–water partition coefficient (Wildman–Crippen LogP) is 1.18. The van der Waals surface area contributed by atoms with Crippen molar-refractivity contribution in [3.8, 4) is 0 Å². The van der Waals surface area contributed by atoms with Gasteiger partial charge in [0.15, 0.2) is 0 Å². The van der Waals surface area contributed by atoms with E-state index in [0.717, 1.165) is 57.2 Å². The number of aromatic nitrogens is 5. The van der Waals surface area contributed by atoms with Gasteiger partial charge in [-0.1, -0.05) is 0 Å². The zero-order chi connectivity index (χ0) is 16.5. The van der Waals surface area contributed by atoms with Gasteiger partial charge in [0.1, 0.15) is 11.6 Å². The van der Waals surface area contributed by atoms with Gasteiger partial charge in [-0.15, -0.1) is 10.2 Å². The molecule has 4 heterocycles. The summed E-state index contributed by atoms with van der Waals surface area (Å²) >= 11 is 0. The van der Waals surface area contributed by atoms with Crippen LogP contribution in [0.4, 0.5) is 0 Å². The molecular weight excluding hydrogens is 302 g/mol. The first-order chi connectivity index (χ1) is 11.7. The van der Waals surface area contributed by atoms with Crippen molar-refractivity contribution >= 4 is 0 Å². The van der Waals surface area contributed by atoms with Gasteiger partial charge in [-0.3, -0.25) is 10.00 Å².